The number of thioether (sulfide) groups is 1. The fraction of sp³-hybridized carbons (Fsp3) is 0.250. The van der Waals surface area contributed by atoms with Gasteiger partial charge in [0.1, 0.15) is 4.83 Å². The molecule has 4 rings (SSSR count). The van der Waals surface area contributed by atoms with E-state index in [2.05, 4.69) is 45.0 Å². The molecule has 0 aliphatic rings. The molecule has 5 heteroatoms. The summed E-state index contributed by atoms with van der Waals surface area (Å²) in [4.78, 5) is 20.6. The molecule has 0 amide bonds. The minimum absolute atomic E-state index is 0.0266. The van der Waals surface area contributed by atoms with Gasteiger partial charge in [-0.1, -0.05) is 66.2 Å². The van der Waals surface area contributed by atoms with Gasteiger partial charge in [-0.3, -0.25) is 9.36 Å². The minimum atomic E-state index is 0.0266. The van der Waals surface area contributed by atoms with Crippen LogP contribution in [0.1, 0.15) is 34.1 Å². The van der Waals surface area contributed by atoms with Crippen LogP contribution in [-0.4, -0.2) is 9.55 Å². The first-order valence-electron chi connectivity index (χ1n) is 9.78. The average molecular weight is 421 g/mol. The summed E-state index contributed by atoms with van der Waals surface area (Å²) in [5.74, 6) is 0.773. The highest BCUT2D eigenvalue weighted by molar-refractivity contribution is 7.98. The van der Waals surface area contributed by atoms with Crippen LogP contribution < -0.4 is 5.56 Å². The van der Waals surface area contributed by atoms with Crippen LogP contribution in [0.4, 0.5) is 0 Å². The van der Waals surface area contributed by atoms with Crippen LogP contribution in [-0.2, 0) is 12.2 Å². The third-order valence-corrected chi connectivity index (χ3v) is 7.47. The van der Waals surface area contributed by atoms with Gasteiger partial charge < -0.3 is 0 Å². The summed E-state index contributed by atoms with van der Waals surface area (Å²) in [7, 11) is 0. The molecule has 0 bridgehead atoms. The summed E-state index contributed by atoms with van der Waals surface area (Å²) in [6.07, 6.45) is 0.919. The Balaban J connectivity index is 1.86. The maximum absolute atomic E-state index is 13.6. The maximum atomic E-state index is 13.6. The Hall–Kier alpha value is -2.37. The average Bonchev–Trinajstić information content (AvgIpc) is 3.04. The second kappa shape index (κ2) is 8.17. The zero-order valence-corrected chi connectivity index (χ0v) is 18.8. The zero-order valence-electron chi connectivity index (χ0n) is 17.2. The van der Waals surface area contributed by atoms with Gasteiger partial charge in [0.25, 0.3) is 5.56 Å². The van der Waals surface area contributed by atoms with E-state index in [-0.39, 0.29) is 5.56 Å². The lowest BCUT2D eigenvalue weighted by atomic mass is 10.2. The number of thiophene rings is 1. The molecule has 3 nitrogen and oxygen atoms in total. The van der Waals surface area contributed by atoms with E-state index in [1.54, 1.807) is 27.7 Å². The van der Waals surface area contributed by atoms with Crippen LogP contribution in [0, 0.1) is 20.8 Å². The smallest absolute Gasteiger partial charge is 0.267 e. The summed E-state index contributed by atoms with van der Waals surface area (Å²) >= 11 is 3.26. The number of aryl methyl sites for hydroxylation is 4. The highest BCUT2D eigenvalue weighted by atomic mass is 32.2. The van der Waals surface area contributed by atoms with E-state index < -0.39 is 0 Å². The molecule has 0 saturated heterocycles. The summed E-state index contributed by atoms with van der Waals surface area (Å²) < 4.78 is 1.78. The zero-order chi connectivity index (χ0) is 20.5. The van der Waals surface area contributed by atoms with E-state index in [1.807, 2.05) is 31.2 Å². The molecule has 2 heterocycles. The summed E-state index contributed by atoms with van der Waals surface area (Å²) in [5.41, 5.74) is 5.60. The van der Waals surface area contributed by atoms with Crippen LogP contribution in [0.15, 0.2) is 58.5 Å². The Bertz CT molecular complexity index is 1220. The fourth-order valence-electron chi connectivity index (χ4n) is 3.40. The monoisotopic (exact) mass is 420 g/mol. The molecule has 2 aromatic heterocycles. The second-order valence-electron chi connectivity index (χ2n) is 7.33. The number of rotatable bonds is 5. The predicted octanol–water partition coefficient (Wildman–Crippen LogP) is 6.23. The Morgan fingerprint density at radius 3 is 2.21 bits per heavy atom. The Morgan fingerprint density at radius 1 is 0.966 bits per heavy atom. The third kappa shape index (κ3) is 3.89. The van der Waals surface area contributed by atoms with Gasteiger partial charge in [-0.2, -0.15) is 0 Å². The van der Waals surface area contributed by atoms with Crippen molar-refractivity contribution in [3.8, 4) is 5.69 Å². The molecule has 0 atom stereocenters. The standard InChI is InChI=1S/C24H24N2OS2/c1-5-20-17(4)21-22(29-20)25-24(28-14-18-10-6-15(2)7-11-18)26(23(21)27)19-12-8-16(3)9-13-19/h6-13H,5,14H2,1-4H3. The second-order valence-corrected chi connectivity index (χ2v) is 9.35. The fourth-order valence-corrected chi connectivity index (χ4v) is 5.52. The molecule has 0 aliphatic carbocycles. The molecule has 0 radical (unpaired) electrons. The summed E-state index contributed by atoms with van der Waals surface area (Å²) in [5, 5.41) is 1.50. The van der Waals surface area contributed by atoms with Crippen molar-refractivity contribution in [3.63, 3.8) is 0 Å². The van der Waals surface area contributed by atoms with Crippen molar-refractivity contribution >= 4 is 33.3 Å². The molecule has 0 N–H and O–H groups in total. The van der Waals surface area contributed by atoms with Gasteiger partial charge in [0.2, 0.25) is 0 Å². The highest BCUT2D eigenvalue weighted by Crippen LogP contribution is 2.31. The number of aromatic nitrogens is 2. The number of nitrogens with zero attached hydrogens (tertiary/aromatic N) is 2. The van der Waals surface area contributed by atoms with Gasteiger partial charge in [-0.05, 0) is 50.5 Å². The van der Waals surface area contributed by atoms with Crippen molar-refractivity contribution in [3.05, 3.63) is 86.0 Å². The van der Waals surface area contributed by atoms with E-state index >= 15 is 0 Å². The molecule has 148 valence electrons. The van der Waals surface area contributed by atoms with Crippen molar-refractivity contribution < 1.29 is 0 Å². The molecule has 0 saturated carbocycles. The van der Waals surface area contributed by atoms with Crippen LogP contribution in [0.2, 0.25) is 0 Å². The molecule has 29 heavy (non-hydrogen) atoms. The number of benzene rings is 2. The van der Waals surface area contributed by atoms with Gasteiger partial charge >= 0.3 is 0 Å². The van der Waals surface area contributed by atoms with Crippen LogP contribution in [0.3, 0.4) is 0 Å². The van der Waals surface area contributed by atoms with Crippen LogP contribution in [0.5, 0.6) is 0 Å². The van der Waals surface area contributed by atoms with Crippen molar-refractivity contribution in [1.82, 2.24) is 9.55 Å². The van der Waals surface area contributed by atoms with Gasteiger partial charge in [0.05, 0.1) is 11.1 Å². The first-order valence-corrected chi connectivity index (χ1v) is 11.6. The first kappa shape index (κ1) is 19.9. The molecular formula is C24H24N2OS2. The lowest BCUT2D eigenvalue weighted by Gasteiger charge is -2.13. The van der Waals surface area contributed by atoms with E-state index in [0.29, 0.717) is 0 Å². The lowest BCUT2D eigenvalue weighted by molar-refractivity contribution is 0.821. The van der Waals surface area contributed by atoms with Gasteiger partial charge in [-0.25, -0.2) is 4.98 Å². The van der Waals surface area contributed by atoms with Gasteiger partial charge in [-0.15, -0.1) is 11.3 Å². The highest BCUT2D eigenvalue weighted by Gasteiger charge is 2.18. The molecule has 0 unspecified atom stereocenters. The maximum Gasteiger partial charge on any atom is 0.267 e. The van der Waals surface area contributed by atoms with Crippen molar-refractivity contribution in [2.75, 3.05) is 0 Å². The van der Waals surface area contributed by atoms with Crippen molar-refractivity contribution in [1.29, 1.82) is 0 Å². The molecular weight excluding hydrogens is 396 g/mol. The molecule has 2 aromatic carbocycles. The van der Waals surface area contributed by atoms with E-state index in [0.717, 1.165) is 38.8 Å². The van der Waals surface area contributed by atoms with Crippen LogP contribution >= 0.6 is 23.1 Å². The predicted molar refractivity (Wildman–Crippen MR) is 125 cm³/mol. The van der Waals surface area contributed by atoms with Crippen LogP contribution in [0.25, 0.3) is 15.9 Å². The molecule has 0 aliphatic heterocycles. The molecule has 0 spiro atoms. The normalized spacial score (nSPS) is 11.3. The molecule has 0 fully saturated rings. The van der Waals surface area contributed by atoms with E-state index in [4.69, 9.17) is 4.98 Å². The van der Waals surface area contributed by atoms with Gasteiger partial charge in [0, 0.05) is 10.6 Å². The van der Waals surface area contributed by atoms with E-state index in [1.165, 1.54) is 21.6 Å². The Morgan fingerprint density at radius 2 is 1.59 bits per heavy atom. The van der Waals surface area contributed by atoms with E-state index in [9.17, 15) is 4.79 Å². The largest absolute Gasteiger partial charge is 0.268 e. The SMILES string of the molecule is CCc1sc2nc(SCc3ccc(C)cc3)n(-c3ccc(C)cc3)c(=O)c2c1C. The minimum Gasteiger partial charge on any atom is -0.268 e. The quantitative estimate of drug-likeness (QED) is 0.284. The number of hydrogen-bond acceptors (Lipinski definition) is 4. The van der Waals surface area contributed by atoms with Crippen molar-refractivity contribution in [2.24, 2.45) is 0 Å². The summed E-state index contributed by atoms with van der Waals surface area (Å²) in [6.45, 7) is 8.31. The summed E-state index contributed by atoms with van der Waals surface area (Å²) in [6, 6.07) is 16.6. The topological polar surface area (TPSA) is 34.9 Å². The number of fused-ring (bicyclic) bond motifs is 1. The Labute approximate surface area is 179 Å². The van der Waals surface area contributed by atoms with Crippen molar-refractivity contribution in [2.45, 2.75) is 45.0 Å². The number of hydrogen-bond donors (Lipinski definition) is 0. The third-order valence-electron chi connectivity index (χ3n) is 5.13. The molecule has 4 aromatic rings. The Kier molecular flexibility index (Phi) is 5.61. The first-order chi connectivity index (χ1) is 14.0. The van der Waals surface area contributed by atoms with Gasteiger partial charge in [0.15, 0.2) is 5.16 Å². The lowest BCUT2D eigenvalue weighted by Crippen LogP contribution is -2.21.